The van der Waals surface area contributed by atoms with E-state index in [0.717, 1.165) is 31.7 Å². The minimum Gasteiger partial charge on any atom is -0.463 e. The quantitative estimate of drug-likeness (QED) is 0.458. The van der Waals surface area contributed by atoms with Crippen LogP contribution in [0, 0.1) is 17.5 Å². The van der Waals surface area contributed by atoms with Gasteiger partial charge < -0.3 is 9.32 Å². The highest BCUT2D eigenvalue weighted by Crippen LogP contribution is 2.38. The van der Waals surface area contributed by atoms with E-state index in [1.165, 1.54) is 36.4 Å². The van der Waals surface area contributed by atoms with Gasteiger partial charge in [0.25, 0.3) is 0 Å². The van der Waals surface area contributed by atoms with Crippen LogP contribution < -0.4 is 0 Å². The average molecular weight is 452 g/mol. The first-order chi connectivity index (χ1) is 16.0. The molecule has 2 aromatic carbocycles. The number of piperazine rings is 1. The Bertz CT molecular complexity index is 1210. The molecule has 1 fully saturated rings. The fourth-order valence-corrected chi connectivity index (χ4v) is 4.43. The van der Waals surface area contributed by atoms with E-state index in [2.05, 4.69) is 27.0 Å². The Morgan fingerprint density at radius 3 is 2.30 bits per heavy atom. The van der Waals surface area contributed by atoms with Crippen molar-refractivity contribution in [2.24, 2.45) is 0 Å². The maximum absolute atomic E-state index is 15.3. The molecule has 170 valence electrons. The number of likely N-dealkylation sites (N-methyl/N-ethyl adjacent to an activating group) is 1. The fourth-order valence-electron chi connectivity index (χ4n) is 4.43. The van der Waals surface area contributed by atoms with Crippen LogP contribution in [-0.2, 0) is 0 Å². The van der Waals surface area contributed by atoms with Crippen LogP contribution in [0.4, 0.5) is 13.2 Å². The van der Waals surface area contributed by atoms with E-state index in [-0.39, 0.29) is 11.1 Å². The summed E-state index contributed by atoms with van der Waals surface area (Å²) in [5.41, 5.74) is 2.05. The van der Waals surface area contributed by atoms with Crippen molar-refractivity contribution in [1.82, 2.24) is 20.0 Å². The van der Waals surface area contributed by atoms with E-state index in [4.69, 9.17) is 4.42 Å². The lowest BCUT2D eigenvalue weighted by atomic mass is 9.93. The summed E-state index contributed by atoms with van der Waals surface area (Å²) in [4.78, 5) is 4.41. The minimum atomic E-state index is -0.696. The van der Waals surface area contributed by atoms with Crippen LogP contribution >= 0.6 is 0 Å². The summed E-state index contributed by atoms with van der Waals surface area (Å²) in [6.45, 7) is 3.13. The van der Waals surface area contributed by atoms with Gasteiger partial charge in [0, 0.05) is 31.7 Å². The van der Waals surface area contributed by atoms with Crippen molar-refractivity contribution in [3.05, 3.63) is 89.6 Å². The number of rotatable bonds is 5. The molecule has 3 heterocycles. The molecule has 0 amide bonds. The largest absolute Gasteiger partial charge is 0.463 e. The summed E-state index contributed by atoms with van der Waals surface area (Å²) in [5.74, 6) is -1.25. The Balaban J connectivity index is 1.61. The highest BCUT2D eigenvalue weighted by atomic mass is 19.1. The van der Waals surface area contributed by atoms with Gasteiger partial charge in [0.1, 0.15) is 23.1 Å². The third kappa shape index (κ3) is 4.19. The average Bonchev–Trinajstić information content (AvgIpc) is 3.48. The molecule has 0 saturated carbocycles. The molecule has 1 aliphatic heterocycles. The molecule has 0 radical (unpaired) electrons. The van der Waals surface area contributed by atoms with Crippen molar-refractivity contribution < 1.29 is 17.6 Å². The van der Waals surface area contributed by atoms with Gasteiger partial charge in [0.05, 0.1) is 24.1 Å². The molecule has 1 unspecified atom stereocenters. The summed E-state index contributed by atoms with van der Waals surface area (Å²) in [6.07, 6.45) is 3.26. The minimum absolute atomic E-state index is 0.172. The molecular weight excluding hydrogens is 429 g/mol. The van der Waals surface area contributed by atoms with E-state index >= 15 is 8.78 Å². The van der Waals surface area contributed by atoms with Crippen LogP contribution in [0.1, 0.15) is 17.2 Å². The van der Waals surface area contributed by atoms with Gasteiger partial charge in [-0.3, -0.25) is 10.00 Å². The molecule has 1 saturated heterocycles. The molecule has 1 atom stereocenters. The summed E-state index contributed by atoms with van der Waals surface area (Å²) in [7, 11) is 2.05. The van der Waals surface area contributed by atoms with Crippen molar-refractivity contribution in [3.63, 3.8) is 0 Å². The van der Waals surface area contributed by atoms with Crippen LogP contribution in [0.5, 0.6) is 0 Å². The monoisotopic (exact) mass is 452 g/mol. The van der Waals surface area contributed by atoms with Crippen LogP contribution in [-0.4, -0.2) is 53.2 Å². The second kappa shape index (κ2) is 8.88. The lowest BCUT2D eigenvalue weighted by molar-refractivity contribution is 0.127. The predicted octanol–water partition coefficient (Wildman–Crippen LogP) is 5.09. The standard InChI is InChI=1S/C25H23F3N4O/c1-31-8-10-32(11-9-31)25(19-15-29-30-24(19)22-3-2-12-33-22)17-13-20(27)23(21(28)14-17)16-4-6-18(26)7-5-16/h2-7,12-15,25H,8-11H2,1H3,(H,29,30). The van der Waals surface area contributed by atoms with Crippen molar-refractivity contribution in [2.45, 2.75) is 6.04 Å². The summed E-state index contributed by atoms with van der Waals surface area (Å²) in [6, 6.07) is 11.0. The van der Waals surface area contributed by atoms with Crippen molar-refractivity contribution in [1.29, 1.82) is 0 Å². The Kier molecular flexibility index (Phi) is 5.78. The smallest absolute Gasteiger partial charge is 0.151 e. The Labute approximate surface area is 189 Å². The Hall–Kier alpha value is -3.36. The van der Waals surface area contributed by atoms with Gasteiger partial charge in [0.2, 0.25) is 0 Å². The molecule has 0 spiro atoms. The van der Waals surface area contributed by atoms with Crippen molar-refractivity contribution >= 4 is 0 Å². The normalized spacial score (nSPS) is 16.2. The van der Waals surface area contributed by atoms with Gasteiger partial charge in [-0.1, -0.05) is 12.1 Å². The molecule has 1 N–H and O–H groups in total. The topological polar surface area (TPSA) is 48.3 Å². The third-order valence-electron chi connectivity index (χ3n) is 6.15. The number of aromatic nitrogens is 2. The number of furan rings is 1. The fraction of sp³-hybridized carbons (Fsp3) is 0.240. The van der Waals surface area contributed by atoms with E-state index in [1.54, 1.807) is 18.5 Å². The zero-order chi connectivity index (χ0) is 22.9. The first-order valence-electron chi connectivity index (χ1n) is 10.8. The number of hydrogen-bond donors (Lipinski definition) is 1. The van der Waals surface area contributed by atoms with Crippen LogP contribution in [0.3, 0.4) is 0 Å². The number of halogens is 3. The van der Waals surface area contributed by atoms with Gasteiger partial charge >= 0.3 is 0 Å². The zero-order valence-electron chi connectivity index (χ0n) is 18.1. The molecule has 1 aliphatic rings. The number of aromatic amines is 1. The summed E-state index contributed by atoms with van der Waals surface area (Å²) >= 11 is 0. The highest BCUT2D eigenvalue weighted by Gasteiger charge is 2.31. The SMILES string of the molecule is CN1CCN(C(c2cc(F)c(-c3ccc(F)cc3)c(F)c2)c2cn[nH]c2-c2ccco2)CC1. The molecular formula is C25H23F3N4O. The van der Waals surface area contributed by atoms with Gasteiger partial charge in [-0.25, -0.2) is 13.2 Å². The predicted molar refractivity (Wildman–Crippen MR) is 119 cm³/mol. The molecule has 33 heavy (non-hydrogen) atoms. The number of benzene rings is 2. The van der Waals surface area contributed by atoms with E-state index < -0.39 is 23.5 Å². The van der Waals surface area contributed by atoms with Gasteiger partial charge in [-0.2, -0.15) is 5.10 Å². The van der Waals surface area contributed by atoms with Crippen molar-refractivity contribution in [3.8, 4) is 22.6 Å². The second-order valence-electron chi connectivity index (χ2n) is 8.29. The van der Waals surface area contributed by atoms with E-state index in [0.29, 0.717) is 17.0 Å². The van der Waals surface area contributed by atoms with E-state index in [9.17, 15) is 4.39 Å². The van der Waals surface area contributed by atoms with E-state index in [1.807, 2.05) is 6.07 Å². The van der Waals surface area contributed by atoms with Crippen molar-refractivity contribution in [2.75, 3.05) is 33.2 Å². The molecule has 0 aliphatic carbocycles. The number of nitrogens with one attached hydrogen (secondary N) is 1. The molecule has 0 bridgehead atoms. The van der Waals surface area contributed by atoms with Gasteiger partial charge in [-0.05, 0) is 54.6 Å². The number of hydrogen-bond acceptors (Lipinski definition) is 4. The van der Waals surface area contributed by atoms with Gasteiger partial charge in [0.15, 0.2) is 5.76 Å². The number of H-pyrrole nitrogens is 1. The first kappa shape index (κ1) is 21.5. The molecule has 5 rings (SSSR count). The Morgan fingerprint density at radius 2 is 1.67 bits per heavy atom. The van der Waals surface area contributed by atoms with Crippen LogP contribution in [0.15, 0.2) is 65.4 Å². The maximum Gasteiger partial charge on any atom is 0.151 e. The Morgan fingerprint density at radius 1 is 0.970 bits per heavy atom. The third-order valence-corrected chi connectivity index (χ3v) is 6.15. The molecule has 4 aromatic rings. The summed E-state index contributed by atoms with van der Waals surface area (Å²) < 4.78 is 49.5. The van der Waals surface area contributed by atoms with Gasteiger partial charge in [-0.15, -0.1) is 0 Å². The molecule has 5 nitrogen and oxygen atoms in total. The highest BCUT2D eigenvalue weighted by molar-refractivity contribution is 5.66. The van der Waals surface area contributed by atoms with Crippen LogP contribution in [0.25, 0.3) is 22.6 Å². The maximum atomic E-state index is 15.3. The zero-order valence-corrected chi connectivity index (χ0v) is 18.1. The van der Waals surface area contributed by atoms with Crippen LogP contribution in [0.2, 0.25) is 0 Å². The lowest BCUT2D eigenvalue weighted by Crippen LogP contribution is -2.46. The first-order valence-corrected chi connectivity index (χ1v) is 10.8. The molecule has 8 heteroatoms. The molecule has 2 aromatic heterocycles. The lowest BCUT2D eigenvalue weighted by Gasteiger charge is -2.38. The number of nitrogens with zero attached hydrogens (tertiary/aromatic N) is 3. The second-order valence-corrected chi connectivity index (χ2v) is 8.29. The summed E-state index contributed by atoms with van der Waals surface area (Å²) in [5, 5.41) is 7.18.